The van der Waals surface area contributed by atoms with E-state index in [-0.39, 0.29) is 16.1 Å². The molecule has 0 fully saturated rings. The van der Waals surface area contributed by atoms with Crippen molar-refractivity contribution < 1.29 is 8.22 Å². The van der Waals surface area contributed by atoms with Crippen molar-refractivity contribution in [2.45, 2.75) is 6.85 Å². The monoisotopic (exact) mass is 201 g/mol. The fraction of sp³-hybridized carbons (Fsp3) is 0.125. The highest BCUT2D eigenvalue weighted by Crippen LogP contribution is 2.13. The minimum absolute atomic E-state index is 0.0776. The van der Waals surface area contributed by atoms with Crippen LogP contribution >= 0.6 is 15.9 Å². The third kappa shape index (κ3) is 1.58. The Morgan fingerprint density at radius 3 is 3.10 bits per heavy atom. The average Bonchev–Trinajstić information content (AvgIpc) is 2.13. The molecule has 0 bridgehead atoms. The Hall–Kier alpha value is -0.810. The molecule has 1 rings (SSSR count). The lowest BCUT2D eigenvalue weighted by molar-refractivity contribution is 1.40. The molecule has 50 valence electrons. The van der Waals surface area contributed by atoms with Crippen molar-refractivity contribution in [2.24, 2.45) is 0 Å². The van der Waals surface area contributed by atoms with Gasteiger partial charge in [-0.2, -0.15) is 5.26 Å². The second-order valence-corrected chi connectivity index (χ2v) is 2.34. The Morgan fingerprint density at radius 2 is 2.50 bits per heavy atom. The van der Waals surface area contributed by atoms with Gasteiger partial charge in [-0.1, -0.05) is 15.9 Å². The van der Waals surface area contributed by atoms with Gasteiger partial charge in [-0.05, 0) is 30.5 Å². The Kier molecular flexibility index (Phi) is 0.761. The maximum Gasteiger partial charge on any atom is 0.0992 e. The van der Waals surface area contributed by atoms with Crippen molar-refractivity contribution in [1.29, 1.82) is 5.26 Å². The number of nitriles is 1. The first-order valence-corrected chi connectivity index (χ1v) is 3.21. The molecule has 1 nitrogen and oxygen atoms in total. The summed E-state index contributed by atoms with van der Waals surface area (Å²) in [5.74, 6) is 0. The molecule has 0 spiro atoms. The van der Waals surface area contributed by atoms with Crippen molar-refractivity contribution in [3.8, 4) is 6.07 Å². The van der Waals surface area contributed by atoms with E-state index in [2.05, 4.69) is 15.9 Å². The topological polar surface area (TPSA) is 23.8 Å². The first-order chi connectivity index (χ1) is 7.21. The van der Waals surface area contributed by atoms with Crippen LogP contribution in [-0.4, -0.2) is 0 Å². The highest BCUT2D eigenvalue weighted by atomic mass is 79.9. The summed E-state index contributed by atoms with van der Waals surface area (Å²) < 4.78 is 44.1. The SMILES string of the molecule is [2H]c1c(Br)c([2H])c(C([2H])([2H])[2H])c([2H])c1C#N. The lowest BCUT2D eigenvalue weighted by atomic mass is 10.2. The molecular weight excluding hydrogens is 190 g/mol. The van der Waals surface area contributed by atoms with Crippen LogP contribution in [0.25, 0.3) is 0 Å². The van der Waals surface area contributed by atoms with Gasteiger partial charge in [0.2, 0.25) is 0 Å². The van der Waals surface area contributed by atoms with Crippen molar-refractivity contribution in [1.82, 2.24) is 0 Å². The molecular formula is C8H6BrN. The molecule has 0 radical (unpaired) electrons. The predicted molar refractivity (Wildman–Crippen MR) is 43.6 cm³/mol. The second-order valence-electron chi connectivity index (χ2n) is 1.55. The average molecular weight is 202 g/mol. The van der Waals surface area contributed by atoms with E-state index in [9.17, 15) is 0 Å². The van der Waals surface area contributed by atoms with Crippen LogP contribution < -0.4 is 0 Å². The fourth-order valence-corrected chi connectivity index (χ4v) is 0.891. The molecule has 1 aromatic rings. The number of hydrogen-bond donors (Lipinski definition) is 0. The van der Waals surface area contributed by atoms with Gasteiger partial charge >= 0.3 is 0 Å². The van der Waals surface area contributed by atoms with Crippen molar-refractivity contribution >= 4 is 15.9 Å². The number of hydrogen-bond acceptors (Lipinski definition) is 1. The van der Waals surface area contributed by atoms with Gasteiger partial charge in [0.1, 0.15) is 0 Å². The smallest absolute Gasteiger partial charge is 0.0992 e. The normalized spacial score (nSPS) is 18.8. The summed E-state index contributed by atoms with van der Waals surface area (Å²) in [7, 11) is 0. The van der Waals surface area contributed by atoms with Gasteiger partial charge in [0.15, 0.2) is 0 Å². The van der Waals surface area contributed by atoms with Crippen LogP contribution in [0.3, 0.4) is 0 Å². The zero-order valence-corrected chi connectivity index (χ0v) is 6.41. The first kappa shape index (κ1) is 2.67. The molecule has 0 N–H and O–H groups in total. The molecule has 0 saturated carbocycles. The molecule has 1 aromatic carbocycles. The van der Waals surface area contributed by atoms with Crippen molar-refractivity contribution in [3.05, 3.63) is 33.7 Å². The largest absolute Gasteiger partial charge is 0.192 e. The number of benzene rings is 1. The summed E-state index contributed by atoms with van der Waals surface area (Å²) in [6, 6.07) is 0.273. The standard InChI is InChI=1S/C8H6BrN/c1-6-2-7(5-10)4-8(9)3-6/h2-4H,1H3/i1D3,2D,3D,4D. The predicted octanol–water partition coefficient (Wildman–Crippen LogP) is 2.63. The summed E-state index contributed by atoms with van der Waals surface area (Å²) in [5.41, 5.74) is -0.846. The lowest BCUT2D eigenvalue weighted by Gasteiger charge is -1.93. The molecule has 0 saturated heterocycles. The summed E-state index contributed by atoms with van der Waals surface area (Å²) in [6.45, 7) is -2.64. The van der Waals surface area contributed by atoms with Gasteiger partial charge in [-0.25, -0.2) is 0 Å². The van der Waals surface area contributed by atoms with Gasteiger partial charge in [0, 0.05) is 8.58 Å². The Bertz CT molecular complexity index is 487. The summed E-state index contributed by atoms with van der Waals surface area (Å²) in [4.78, 5) is 0. The molecule has 0 aliphatic rings. The molecule has 0 aliphatic heterocycles. The van der Waals surface area contributed by atoms with E-state index < -0.39 is 24.5 Å². The van der Waals surface area contributed by atoms with Gasteiger partial charge in [0.25, 0.3) is 0 Å². The van der Waals surface area contributed by atoms with Gasteiger partial charge in [-0.3, -0.25) is 0 Å². The van der Waals surface area contributed by atoms with E-state index in [4.69, 9.17) is 13.5 Å². The Morgan fingerprint density at radius 1 is 1.70 bits per heavy atom. The van der Waals surface area contributed by atoms with Crippen molar-refractivity contribution in [2.75, 3.05) is 0 Å². The fourth-order valence-electron chi connectivity index (χ4n) is 0.494. The van der Waals surface area contributed by atoms with E-state index in [0.717, 1.165) is 0 Å². The maximum atomic E-state index is 8.75. The molecule has 0 aliphatic carbocycles. The van der Waals surface area contributed by atoms with E-state index in [0.29, 0.717) is 0 Å². The van der Waals surface area contributed by atoms with Crippen LogP contribution in [0.5, 0.6) is 0 Å². The zero-order chi connectivity index (χ0) is 12.7. The molecule has 0 heterocycles. The van der Waals surface area contributed by atoms with E-state index >= 15 is 0 Å². The third-order valence-electron chi connectivity index (χ3n) is 0.831. The highest BCUT2D eigenvalue weighted by molar-refractivity contribution is 9.10. The van der Waals surface area contributed by atoms with E-state index in [1.165, 1.54) is 0 Å². The van der Waals surface area contributed by atoms with Gasteiger partial charge in [0.05, 0.1) is 15.7 Å². The van der Waals surface area contributed by atoms with Crippen LogP contribution in [0.2, 0.25) is 0 Å². The number of nitrogens with zero attached hydrogens (tertiary/aromatic N) is 1. The Labute approximate surface area is 76.9 Å². The molecule has 2 heteroatoms. The van der Waals surface area contributed by atoms with Crippen LogP contribution in [0.4, 0.5) is 0 Å². The molecule has 0 aromatic heterocycles. The third-order valence-corrected chi connectivity index (χ3v) is 1.23. The molecule has 0 amide bonds. The highest BCUT2D eigenvalue weighted by Gasteiger charge is 1.92. The van der Waals surface area contributed by atoms with Gasteiger partial charge < -0.3 is 0 Å². The maximum absolute atomic E-state index is 8.75. The molecule has 0 atom stereocenters. The summed E-state index contributed by atoms with van der Waals surface area (Å²) in [6.07, 6.45) is 0. The van der Waals surface area contributed by atoms with Gasteiger partial charge in [-0.15, -0.1) is 0 Å². The minimum atomic E-state index is -2.64. The quantitative estimate of drug-likeness (QED) is 0.634. The number of halogens is 1. The molecule has 0 unspecified atom stereocenters. The van der Waals surface area contributed by atoms with Crippen LogP contribution in [0, 0.1) is 18.2 Å². The summed E-state index contributed by atoms with van der Waals surface area (Å²) in [5, 5.41) is 8.75. The van der Waals surface area contributed by atoms with Crippen LogP contribution in [0.1, 0.15) is 19.4 Å². The van der Waals surface area contributed by atoms with Crippen LogP contribution in [-0.2, 0) is 0 Å². The minimum Gasteiger partial charge on any atom is -0.192 e. The van der Waals surface area contributed by atoms with E-state index in [1.54, 1.807) is 6.07 Å². The number of rotatable bonds is 0. The van der Waals surface area contributed by atoms with Crippen molar-refractivity contribution in [3.63, 3.8) is 0 Å². The Balaban J connectivity index is 3.78. The summed E-state index contributed by atoms with van der Waals surface area (Å²) >= 11 is 2.89. The second kappa shape index (κ2) is 2.85. The lowest BCUT2D eigenvalue weighted by Crippen LogP contribution is -1.76. The van der Waals surface area contributed by atoms with Crippen LogP contribution in [0.15, 0.2) is 22.6 Å². The first-order valence-electron chi connectivity index (χ1n) is 5.41. The zero-order valence-electron chi connectivity index (χ0n) is 10.8. The van der Waals surface area contributed by atoms with E-state index in [1.807, 2.05) is 0 Å². The molecule has 10 heavy (non-hydrogen) atoms.